The van der Waals surface area contributed by atoms with Gasteiger partial charge in [0.2, 0.25) is 5.91 Å². The molecule has 1 spiro atoms. The Bertz CT molecular complexity index is 1030. The molecule has 2 N–H and O–H groups in total. The van der Waals surface area contributed by atoms with E-state index in [2.05, 4.69) is 50.4 Å². The first kappa shape index (κ1) is 19.6. The molecular weight excluding hydrogens is 376 g/mol. The maximum absolute atomic E-state index is 13.2. The summed E-state index contributed by atoms with van der Waals surface area (Å²) < 4.78 is 1.72. The van der Waals surface area contributed by atoms with Crippen molar-refractivity contribution >= 4 is 17.3 Å². The Labute approximate surface area is 177 Å². The number of fused-ring (bicyclic) bond motifs is 1. The quantitative estimate of drug-likeness (QED) is 0.812. The molecule has 0 radical (unpaired) electrons. The van der Waals surface area contributed by atoms with Crippen LogP contribution in [0, 0.1) is 21.7 Å². The Hall–Kier alpha value is -2.37. The van der Waals surface area contributed by atoms with Crippen LogP contribution in [0.4, 0.5) is 0 Å². The predicted molar refractivity (Wildman–Crippen MR) is 115 cm³/mol. The first-order chi connectivity index (χ1) is 14.1. The third-order valence-corrected chi connectivity index (χ3v) is 9.89. The van der Waals surface area contributed by atoms with E-state index in [-0.39, 0.29) is 45.6 Å². The van der Waals surface area contributed by atoms with Crippen LogP contribution in [0.5, 0.6) is 0 Å². The predicted octanol–water partition coefficient (Wildman–Crippen LogP) is 3.56. The molecule has 3 aliphatic rings. The van der Waals surface area contributed by atoms with Crippen molar-refractivity contribution in [1.82, 2.24) is 20.2 Å². The normalized spacial score (nSPS) is 29.0. The minimum atomic E-state index is -0.350. The highest BCUT2D eigenvalue weighted by Gasteiger charge is 2.78. The summed E-state index contributed by atoms with van der Waals surface area (Å²) in [5, 5.41) is 10.9. The Balaban J connectivity index is 1.29. The van der Waals surface area contributed by atoms with Gasteiger partial charge in [0.25, 0.3) is 5.91 Å². The van der Waals surface area contributed by atoms with Crippen molar-refractivity contribution < 1.29 is 9.59 Å². The summed E-state index contributed by atoms with van der Waals surface area (Å²) in [6.45, 7) is 10.8. The standard InChI is InChI=1S/C24H32N4O2/c1-21(2)22(3,4)23(21,5)20(30)27-18-14-17(24(18)10-7-11-24)26-19(29)15-8-6-13-28-16(15)9-12-25-28/h6,8-9,12-13,17-18H,7,10-11,14H2,1-5H3,(H,26,29)(H,27,30). The fraction of sp³-hybridized carbons (Fsp3) is 0.625. The van der Waals surface area contributed by atoms with Crippen molar-refractivity contribution in [3.05, 3.63) is 36.2 Å². The lowest BCUT2D eigenvalue weighted by molar-refractivity contribution is -0.135. The second kappa shape index (κ2) is 5.86. The lowest BCUT2D eigenvalue weighted by atomic mass is 9.49. The second-order valence-electron chi connectivity index (χ2n) is 10.8. The highest BCUT2D eigenvalue weighted by atomic mass is 16.2. The zero-order valence-corrected chi connectivity index (χ0v) is 18.6. The smallest absolute Gasteiger partial charge is 0.253 e. The largest absolute Gasteiger partial charge is 0.352 e. The number of hydrogen-bond acceptors (Lipinski definition) is 3. The van der Waals surface area contributed by atoms with Crippen LogP contribution < -0.4 is 10.6 Å². The Morgan fingerprint density at radius 3 is 2.30 bits per heavy atom. The van der Waals surface area contributed by atoms with Crippen molar-refractivity contribution in [2.45, 2.75) is 72.4 Å². The molecule has 0 saturated heterocycles. The molecule has 6 heteroatoms. The number of nitrogens with zero attached hydrogens (tertiary/aromatic N) is 2. The number of carbonyl (C=O) groups excluding carboxylic acids is 2. The molecule has 6 nitrogen and oxygen atoms in total. The van der Waals surface area contributed by atoms with E-state index in [9.17, 15) is 9.59 Å². The molecule has 3 aliphatic carbocycles. The maximum Gasteiger partial charge on any atom is 0.253 e. The minimum absolute atomic E-state index is 0.0101. The average Bonchev–Trinajstić information content (AvgIpc) is 3.01. The van der Waals surface area contributed by atoms with E-state index in [1.807, 2.05) is 24.4 Å². The lowest BCUT2D eigenvalue weighted by Crippen LogP contribution is -2.72. The van der Waals surface area contributed by atoms with Crippen LogP contribution in [-0.4, -0.2) is 33.5 Å². The summed E-state index contributed by atoms with van der Waals surface area (Å²) in [4.78, 5) is 26.3. The van der Waals surface area contributed by atoms with Crippen LogP contribution in [0.15, 0.2) is 30.6 Å². The van der Waals surface area contributed by atoms with Crippen molar-refractivity contribution in [3.63, 3.8) is 0 Å². The number of pyridine rings is 1. The summed E-state index contributed by atoms with van der Waals surface area (Å²) in [7, 11) is 0. The zero-order chi connectivity index (χ0) is 21.5. The first-order valence-electron chi connectivity index (χ1n) is 11.1. The van der Waals surface area contributed by atoms with Gasteiger partial charge in [-0.15, -0.1) is 0 Å². The molecule has 2 heterocycles. The molecule has 5 rings (SSSR count). The average molecular weight is 409 g/mol. The fourth-order valence-electron chi connectivity index (χ4n) is 6.32. The first-order valence-corrected chi connectivity index (χ1v) is 11.1. The molecule has 2 aromatic rings. The van der Waals surface area contributed by atoms with Crippen molar-refractivity contribution in [2.24, 2.45) is 21.7 Å². The minimum Gasteiger partial charge on any atom is -0.352 e. The summed E-state index contributed by atoms with van der Waals surface area (Å²) >= 11 is 0. The van der Waals surface area contributed by atoms with Gasteiger partial charge in [-0.3, -0.25) is 9.59 Å². The topological polar surface area (TPSA) is 75.5 Å². The molecule has 3 saturated carbocycles. The van der Waals surface area contributed by atoms with Gasteiger partial charge in [-0.05, 0) is 55.2 Å². The third-order valence-electron chi connectivity index (χ3n) is 9.89. The monoisotopic (exact) mass is 408 g/mol. The molecule has 3 fully saturated rings. The van der Waals surface area contributed by atoms with E-state index in [1.165, 1.54) is 0 Å². The number of hydrogen-bond donors (Lipinski definition) is 2. The highest BCUT2D eigenvalue weighted by molar-refractivity contribution is 6.01. The molecule has 2 unspecified atom stereocenters. The SMILES string of the molecule is CC1(C)C(C)(C)C1(C)C(=O)NC1CC(NC(=O)c2cccn3nccc23)C12CCC2. The van der Waals surface area contributed by atoms with Crippen LogP contribution in [0.3, 0.4) is 0 Å². The van der Waals surface area contributed by atoms with E-state index in [0.717, 1.165) is 31.2 Å². The number of carbonyl (C=O) groups is 2. The maximum atomic E-state index is 13.2. The van der Waals surface area contributed by atoms with Crippen LogP contribution in [-0.2, 0) is 4.79 Å². The van der Waals surface area contributed by atoms with Gasteiger partial charge in [0.15, 0.2) is 0 Å². The van der Waals surface area contributed by atoms with Gasteiger partial charge in [-0.2, -0.15) is 5.10 Å². The summed E-state index contributed by atoms with van der Waals surface area (Å²) in [5.74, 6) is 0.112. The molecular formula is C24H32N4O2. The molecule has 0 aliphatic heterocycles. The Kier molecular flexibility index (Phi) is 3.83. The second-order valence-corrected chi connectivity index (χ2v) is 10.8. The number of rotatable bonds is 4. The van der Waals surface area contributed by atoms with Gasteiger partial charge >= 0.3 is 0 Å². The summed E-state index contributed by atoms with van der Waals surface area (Å²) in [5.41, 5.74) is 1.09. The van der Waals surface area contributed by atoms with Crippen molar-refractivity contribution in [2.75, 3.05) is 0 Å². The molecule has 2 atom stereocenters. The molecule has 0 bridgehead atoms. The molecule has 30 heavy (non-hydrogen) atoms. The third kappa shape index (κ3) is 2.17. The van der Waals surface area contributed by atoms with E-state index in [4.69, 9.17) is 0 Å². The van der Waals surface area contributed by atoms with Crippen molar-refractivity contribution in [1.29, 1.82) is 0 Å². The van der Waals surface area contributed by atoms with Crippen LogP contribution in [0.1, 0.15) is 70.7 Å². The molecule has 2 aromatic heterocycles. The summed E-state index contributed by atoms with van der Waals surface area (Å²) in [6, 6.07) is 5.81. The molecule has 0 aromatic carbocycles. The Morgan fingerprint density at radius 1 is 1.03 bits per heavy atom. The summed E-state index contributed by atoms with van der Waals surface area (Å²) in [6.07, 6.45) is 7.63. The number of aromatic nitrogens is 2. The van der Waals surface area contributed by atoms with E-state index >= 15 is 0 Å². The van der Waals surface area contributed by atoms with E-state index < -0.39 is 0 Å². The molecule has 160 valence electrons. The zero-order valence-electron chi connectivity index (χ0n) is 18.6. The van der Waals surface area contributed by atoms with E-state index in [0.29, 0.717) is 5.56 Å². The van der Waals surface area contributed by atoms with Gasteiger partial charge in [0.1, 0.15) is 0 Å². The highest BCUT2D eigenvalue weighted by Crippen LogP contribution is 2.77. The van der Waals surface area contributed by atoms with Gasteiger partial charge in [0.05, 0.1) is 22.7 Å². The number of nitrogens with one attached hydrogen (secondary N) is 2. The van der Waals surface area contributed by atoms with Crippen LogP contribution >= 0.6 is 0 Å². The van der Waals surface area contributed by atoms with Crippen molar-refractivity contribution in [3.8, 4) is 0 Å². The Morgan fingerprint density at radius 2 is 1.70 bits per heavy atom. The van der Waals surface area contributed by atoms with Gasteiger partial charge in [-0.25, -0.2) is 4.52 Å². The van der Waals surface area contributed by atoms with Gasteiger partial charge in [0, 0.05) is 23.7 Å². The van der Waals surface area contributed by atoms with Gasteiger partial charge in [-0.1, -0.05) is 34.1 Å². The van der Waals surface area contributed by atoms with Crippen LogP contribution in [0.2, 0.25) is 0 Å². The lowest BCUT2D eigenvalue weighted by Gasteiger charge is -2.61. The number of amides is 2. The van der Waals surface area contributed by atoms with Crippen LogP contribution in [0.25, 0.3) is 5.52 Å². The molecule has 2 amide bonds. The van der Waals surface area contributed by atoms with E-state index in [1.54, 1.807) is 10.7 Å². The van der Waals surface area contributed by atoms with Gasteiger partial charge < -0.3 is 10.6 Å². The fourth-order valence-corrected chi connectivity index (χ4v) is 6.32.